The Morgan fingerprint density at radius 1 is 1.53 bits per heavy atom. The van der Waals surface area contributed by atoms with Crippen LogP contribution in [-0.2, 0) is 11.2 Å². The van der Waals surface area contributed by atoms with Crippen molar-refractivity contribution < 1.29 is 4.79 Å². The van der Waals surface area contributed by atoms with Crippen molar-refractivity contribution in [1.82, 2.24) is 9.78 Å². The van der Waals surface area contributed by atoms with Crippen molar-refractivity contribution in [3.63, 3.8) is 0 Å². The molecule has 0 saturated heterocycles. The summed E-state index contributed by atoms with van der Waals surface area (Å²) in [5.74, 6) is 0.336. The van der Waals surface area contributed by atoms with E-state index in [0.29, 0.717) is 24.7 Å². The van der Waals surface area contributed by atoms with Crippen molar-refractivity contribution in [1.29, 1.82) is 0 Å². The zero-order valence-electron chi connectivity index (χ0n) is 10.7. The molecule has 1 heterocycles. The second kappa shape index (κ2) is 7.64. The van der Waals surface area contributed by atoms with Crippen LogP contribution in [0.25, 0.3) is 0 Å². The number of aromatic nitrogens is 2. The second-order valence-corrected chi connectivity index (χ2v) is 5.17. The molecule has 1 rings (SSSR count). The molecule has 0 fully saturated rings. The summed E-state index contributed by atoms with van der Waals surface area (Å²) in [5.41, 5.74) is 1.03. The van der Waals surface area contributed by atoms with Crippen LogP contribution in [0.5, 0.6) is 0 Å². The van der Waals surface area contributed by atoms with Gasteiger partial charge < -0.3 is 0 Å². The van der Waals surface area contributed by atoms with Crippen LogP contribution in [0.3, 0.4) is 0 Å². The van der Waals surface area contributed by atoms with Crippen molar-refractivity contribution in [2.45, 2.75) is 52.0 Å². The van der Waals surface area contributed by atoms with E-state index in [2.05, 4.69) is 34.9 Å². The molecule has 1 unspecified atom stereocenters. The molecule has 0 radical (unpaired) electrons. The van der Waals surface area contributed by atoms with E-state index >= 15 is 0 Å². The maximum Gasteiger partial charge on any atom is 0.133 e. The summed E-state index contributed by atoms with van der Waals surface area (Å²) in [6.45, 7) is 4.30. The summed E-state index contributed by atoms with van der Waals surface area (Å²) < 4.78 is 1.98. The molecule has 0 aromatic carbocycles. The molecule has 0 bridgehead atoms. The molecule has 96 valence electrons. The highest BCUT2D eigenvalue weighted by Crippen LogP contribution is 2.10. The van der Waals surface area contributed by atoms with Gasteiger partial charge in [-0.15, -0.1) is 0 Å². The molecule has 0 saturated carbocycles. The fourth-order valence-electron chi connectivity index (χ4n) is 1.60. The SMILES string of the molecule is CCC(C)n1ccc(CCC(=O)CCCBr)n1. The number of halogens is 1. The lowest BCUT2D eigenvalue weighted by Gasteiger charge is -2.07. The normalized spacial score (nSPS) is 12.6. The Labute approximate surface area is 112 Å². The van der Waals surface area contributed by atoms with Gasteiger partial charge in [-0.05, 0) is 32.3 Å². The van der Waals surface area contributed by atoms with E-state index in [-0.39, 0.29) is 0 Å². The molecule has 1 atom stereocenters. The van der Waals surface area contributed by atoms with Crippen molar-refractivity contribution in [3.8, 4) is 0 Å². The molecule has 17 heavy (non-hydrogen) atoms. The monoisotopic (exact) mass is 300 g/mol. The highest BCUT2D eigenvalue weighted by Gasteiger charge is 2.07. The molecular formula is C13H21BrN2O. The van der Waals surface area contributed by atoms with E-state index in [4.69, 9.17) is 0 Å². The number of ketones is 1. The summed E-state index contributed by atoms with van der Waals surface area (Å²) in [6.07, 6.45) is 6.07. The minimum Gasteiger partial charge on any atom is -0.300 e. The van der Waals surface area contributed by atoms with E-state index in [9.17, 15) is 4.79 Å². The number of nitrogens with zero attached hydrogens (tertiary/aromatic N) is 2. The lowest BCUT2D eigenvalue weighted by atomic mass is 10.1. The number of carbonyl (C=O) groups is 1. The van der Waals surface area contributed by atoms with Gasteiger partial charge in [0.15, 0.2) is 0 Å². The van der Waals surface area contributed by atoms with Crippen LogP contribution in [0.1, 0.15) is 51.3 Å². The third kappa shape index (κ3) is 5.02. The van der Waals surface area contributed by atoms with E-state index in [0.717, 1.165) is 30.3 Å². The Hall–Kier alpha value is -0.640. The molecular weight excluding hydrogens is 280 g/mol. The predicted molar refractivity (Wildman–Crippen MR) is 73.6 cm³/mol. The first kappa shape index (κ1) is 14.4. The predicted octanol–water partition coefficient (Wildman–Crippen LogP) is 3.53. The van der Waals surface area contributed by atoms with Crippen LogP contribution in [0.15, 0.2) is 12.3 Å². The number of carbonyl (C=O) groups excluding carboxylic acids is 1. The highest BCUT2D eigenvalue weighted by molar-refractivity contribution is 9.09. The van der Waals surface area contributed by atoms with E-state index in [1.54, 1.807) is 0 Å². The zero-order chi connectivity index (χ0) is 12.7. The quantitative estimate of drug-likeness (QED) is 0.688. The van der Waals surface area contributed by atoms with Gasteiger partial charge >= 0.3 is 0 Å². The van der Waals surface area contributed by atoms with Crippen LogP contribution >= 0.6 is 15.9 Å². The van der Waals surface area contributed by atoms with Crippen LogP contribution in [-0.4, -0.2) is 20.9 Å². The summed E-state index contributed by atoms with van der Waals surface area (Å²) in [7, 11) is 0. The topological polar surface area (TPSA) is 34.9 Å². The summed E-state index contributed by atoms with van der Waals surface area (Å²) in [6, 6.07) is 2.46. The lowest BCUT2D eigenvalue weighted by Crippen LogP contribution is -2.06. The fourth-order valence-corrected chi connectivity index (χ4v) is 1.88. The largest absolute Gasteiger partial charge is 0.300 e. The molecule has 0 N–H and O–H groups in total. The molecule has 0 amide bonds. The average Bonchev–Trinajstić information content (AvgIpc) is 2.81. The first-order valence-corrected chi connectivity index (χ1v) is 7.41. The maximum absolute atomic E-state index is 11.5. The van der Waals surface area contributed by atoms with Gasteiger partial charge in [0.05, 0.1) is 5.69 Å². The van der Waals surface area contributed by atoms with Gasteiger partial charge in [0.1, 0.15) is 5.78 Å². The molecule has 0 aliphatic carbocycles. The van der Waals surface area contributed by atoms with Crippen LogP contribution in [0, 0.1) is 0 Å². The van der Waals surface area contributed by atoms with Crippen molar-refractivity contribution in [2.24, 2.45) is 0 Å². The summed E-state index contributed by atoms with van der Waals surface area (Å²) in [4.78, 5) is 11.5. The number of hydrogen-bond acceptors (Lipinski definition) is 2. The minimum atomic E-state index is 0.336. The van der Waals surface area contributed by atoms with Gasteiger partial charge in [0.2, 0.25) is 0 Å². The molecule has 0 aliphatic heterocycles. The van der Waals surface area contributed by atoms with E-state index in [1.807, 2.05) is 16.9 Å². The lowest BCUT2D eigenvalue weighted by molar-refractivity contribution is -0.119. The van der Waals surface area contributed by atoms with E-state index < -0.39 is 0 Å². The number of rotatable bonds is 8. The maximum atomic E-state index is 11.5. The van der Waals surface area contributed by atoms with Crippen molar-refractivity contribution in [3.05, 3.63) is 18.0 Å². The van der Waals surface area contributed by atoms with Crippen LogP contribution in [0.4, 0.5) is 0 Å². The molecule has 0 aliphatic rings. The fraction of sp³-hybridized carbons (Fsp3) is 0.692. The Kier molecular flexibility index (Phi) is 6.48. The van der Waals surface area contributed by atoms with Gasteiger partial charge in [-0.3, -0.25) is 9.48 Å². The van der Waals surface area contributed by atoms with Crippen molar-refractivity contribution in [2.75, 3.05) is 5.33 Å². The van der Waals surface area contributed by atoms with Gasteiger partial charge in [-0.1, -0.05) is 22.9 Å². The summed E-state index contributed by atoms with van der Waals surface area (Å²) >= 11 is 3.33. The van der Waals surface area contributed by atoms with E-state index in [1.165, 1.54) is 0 Å². The average molecular weight is 301 g/mol. The van der Waals surface area contributed by atoms with Gasteiger partial charge in [0, 0.05) is 30.4 Å². The van der Waals surface area contributed by atoms with Crippen molar-refractivity contribution >= 4 is 21.7 Å². The molecule has 3 nitrogen and oxygen atoms in total. The van der Waals surface area contributed by atoms with Gasteiger partial charge in [0.25, 0.3) is 0 Å². The Balaban J connectivity index is 2.37. The number of Topliss-reactive ketones (excluding diaryl/α,β-unsaturated/α-hetero) is 1. The number of aryl methyl sites for hydroxylation is 1. The Bertz CT molecular complexity index is 349. The number of hydrogen-bond donors (Lipinski definition) is 0. The van der Waals surface area contributed by atoms with Crippen LogP contribution in [0.2, 0.25) is 0 Å². The number of alkyl halides is 1. The van der Waals surface area contributed by atoms with Crippen LogP contribution < -0.4 is 0 Å². The van der Waals surface area contributed by atoms with Gasteiger partial charge in [-0.25, -0.2) is 0 Å². The molecule has 0 spiro atoms. The Morgan fingerprint density at radius 3 is 2.94 bits per heavy atom. The minimum absolute atomic E-state index is 0.336. The third-order valence-corrected chi connectivity index (χ3v) is 3.52. The first-order valence-electron chi connectivity index (χ1n) is 6.29. The highest BCUT2D eigenvalue weighted by atomic mass is 79.9. The molecule has 4 heteroatoms. The van der Waals surface area contributed by atoms with Gasteiger partial charge in [-0.2, -0.15) is 5.10 Å². The second-order valence-electron chi connectivity index (χ2n) is 4.38. The summed E-state index contributed by atoms with van der Waals surface area (Å²) in [5, 5.41) is 5.39. The first-order chi connectivity index (χ1) is 8.17. The molecule has 1 aromatic heterocycles. The Morgan fingerprint density at radius 2 is 2.29 bits per heavy atom. The smallest absolute Gasteiger partial charge is 0.133 e. The third-order valence-electron chi connectivity index (χ3n) is 2.96. The zero-order valence-corrected chi connectivity index (χ0v) is 12.2. The molecule has 1 aromatic rings. The standard InChI is InChI=1S/C13H21BrN2O/c1-3-11(2)16-10-8-12(15-16)6-7-13(17)5-4-9-14/h8,10-11H,3-7,9H2,1-2H3.